The maximum absolute atomic E-state index is 12.2. The van der Waals surface area contributed by atoms with Crippen molar-refractivity contribution >= 4 is 17.5 Å². The van der Waals surface area contributed by atoms with Crippen LogP contribution < -0.4 is 0 Å². The highest BCUT2D eigenvalue weighted by atomic mass is 16.5. The van der Waals surface area contributed by atoms with E-state index in [1.807, 2.05) is 6.92 Å². The number of esters is 1. The zero-order chi connectivity index (χ0) is 19.2. The molecule has 4 heteroatoms. The topological polar surface area (TPSA) is 60.4 Å². The van der Waals surface area contributed by atoms with Gasteiger partial charge in [-0.25, -0.2) is 0 Å². The van der Waals surface area contributed by atoms with Gasteiger partial charge in [0.25, 0.3) is 0 Å². The fraction of sp³-hybridized carbons (Fsp3) is 0.864. The fourth-order valence-corrected chi connectivity index (χ4v) is 3.98. The largest absolute Gasteiger partial charge is 0.466 e. The molecule has 4 nitrogen and oxygen atoms in total. The predicted octanol–water partition coefficient (Wildman–Crippen LogP) is 5.42. The highest BCUT2D eigenvalue weighted by Gasteiger charge is 2.33. The average molecular weight is 367 g/mol. The van der Waals surface area contributed by atoms with Gasteiger partial charge in [-0.2, -0.15) is 0 Å². The summed E-state index contributed by atoms with van der Waals surface area (Å²) in [5.74, 6) is 1.25. The summed E-state index contributed by atoms with van der Waals surface area (Å²) in [4.78, 5) is 35.4. The highest BCUT2D eigenvalue weighted by Crippen LogP contribution is 2.36. The van der Waals surface area contributed by atoms with Crippen molar-refractivity contribution in [2.45, 2.75) is 104 Å². The molecule has 2 atom stereocenters. The molecule has 0 saturated heterocycles. The summed E-state index contributed by atoms with van der Waals surface area (Å²) in [6.45, 7) is 4.42. The summed E-state index contributed by atoms with van der Waals surface area (Å²) in [5, 5.41) is 0. The summed E-state index contributed by atoms with van der Waals surface area (Å²) in [7, 11) is 0. The Balaban J connectivity index is 2.17. The first-order valence-corrected chi connectivity index (χ1v) is 10.8. The molecule has 0 N–H and O–H groups in total. The van der Waals surface area contributed by atoms with Crippen molar-refractivity contribution in [2.24, 2.45) is 11.8 Å². The maximum Gasteiger partial charge on any atom is 0.305 e. The molecule has 1 aliphatic rings. The lowest BCUT2D eigenvalue weighted by atomic mass is 9.86. The van der Waals surface area contributed by atoms with Gasteiger partial charge in [-0.3, -0.25) is 14.4 Å². The molecule has 1 fully saturated rings. The van der Waals surface area contributed by atoms with Crippen molar-refractivity contribution < 1.29 is 19.1 Å². The molecule has 0 heterocycles. The summed E-state index contributed by atoms with van der Waals surface area (Å²) >= 11 is 0. The van der Waals surface area contributed by atoms with E-state index in [-0.39, 0.29) is 11.9 Å². The van der Waals surface area contributed by atoms with Crippen LogP contribution in [-0.4, -0.2) is 24.1 Å². The quantitative estimate of drug-likeness (QED) is 0.287. The molecule has 1 aliphatic carbocycles. The van der Waals surface area contributed by atoms with E-state index in [2.05, 4.69) is 6.92 Å². The van der Waals surface area contributed by atoms with Gasteiger partial charge in [0.05, 0.1) is 6.61 Å². The molecule has 26 heavy (non-hydrogen) atoms. The van der Waals surface area contributed by atoms with E-state index in [9.17, 15) is 14.4 Å². The fourth-order valence-electron chi connectivity index (χ4n) is 3.98. The molecule has 0 aliphatic heterocycles. The third-order valence-corrected chi connectivity index (χ3v) is 5.55. The number of unbranched alkanes of at least 4 members (excludes halogenated alkanes) is 5. The van der Waals surface area contributed by atoms with E-state index in [1.54, 1.807) is 0 Å². The van der Waals surface area contributed by atoms with Crippen LogP contribution >= 0.6 is 0 Å². The first-order chi connectivity index (χ1) is 12.6. The number of rotatable bonds is 15. The zero-order valence-corrected chi connectivity index (χ0v) is 16.9. The van der Waals surface area contributed by atoms with Crippen molar-refractivity contribution in [1.29, 1.82) is 0 Å². The molecule has 0 aromatic carbocycles. The third kappa shape index (κ3) is 9.49. The molecule has 150 valence electrons. The third-order valence-electron chi connectivity index (χ3n) is 5.55. The van der Waals surface area contributed by atoms with E-state index in [1.165, 1.54) is 0 Å². The van der Waals surface area contributed by atoms with Crippen LogP contribution in [0.15, 0.2) is 0 Å². The predicted molar refractivity (Wildman–Crippen MR) is 104 cm³/mol. The second-order valence-corrected chi connectivity index (χ2v) is 7.66. The maximum atomic E-state index is 12.2. The van der Waals surface area contributed by atoms with Gasteiger partial charge in [-0.1, -0.05) is 39.0 Å². The van der Waals surface area contributed by atoms with E-state index in [0.29, 0.717) is 49.8 Å². The summed E-state index contributed by atoms with van der Waals surface area (Å²) in [5.41, 5.74) is 0. The first kappa shape index (κ1) is 22.9. The van der Waals surface area contributed by atoms with Gasteiger partial charge in [-0.15, -0.1) is 0 Å². The van der Waals surface area contributed by atoms with Crippen LogP contribution in [0.2, 0.25) is 0 Å². The minimum absolute atomic E-state index is 0.109. The number of hydrogen-bond donors (Lipinski definition) is 0. The SMILES string of the molecule is CCCCCC(=O)CC[C@H]1CCC(=O)[C@H]1CCCCCCC(=O)OCC. The number of Topliss-reactive ketones (excluding diaryl/α,β-unsaturated/α-hetero) is 2. The van der Waals surface area contributed by atoms with Gasteiger partial charge < -0.3 is 4.74 Å². The first-order valence-electron chi connectivity index (χ1n) is 10.8. The van der Waals surface area contributed by atoms with E-state index >= 15 is 0 Å². The lowest BCUT2D eigenvalue weighted by molar-refractivity contribution is -0.143. The smallest absolute Gasteiger partial charge is 0.305 e. The summed E-state index contributed by atoms with van der Waals surface area (Å²) in [6.07, 6.45) is 12.6. The van der Waals surface area contributed by atoms with Gasteiger partial charge in [-0.05, 0) is 44.9 Å². The minimum Gasteiger partial charge on any atom is -0.466 e. The molecule has 0 aromatic rings. The van der Waals surface area contributed by atoms with Crippen molar-refractivity contribution in [3.63, 3.8) is 0 Å². The minimum atomic E-state index is -0.109. The zero-order valence-electron chi connectivity index (χ0n) is 16.9. The van der Waals surface area contributed by atoms with Crippen LogP contribution in [0.1, 0.15) is 104 Å². The van der Waals surface area contributed by atoms with Crippen molar-refractivity contribution in [3.05, 3.63) is 0 Å². The molecule has 1 saturated carbocycles. The lowest BCUT2D eigenvalue weighted by Crippen LogP contribution is -2.16. The average Bonchev–Trinajstić information content (AvgIpc) is 2.96. The number of ketones is 2. The Morgan fingerprint density at radius 3 is 2.38 bits per heavy atom. The Morgan fingerprint density at radius 2 is 1.65 bits per heavy atom. The van der Waals surface area contributed by atoms with Gasteiger partial charge in [0, 0.05) is 31.6 Å². The van der Waals surface area contributed by atoms with Gasteiger partial charge in [0.1, 0.15) is 11.6 Å². The molecule has 0 bridgehead atoms. The second kappa shape index (κ2) is 13.9. The standard InChI is InChI=1S/C22H38O4/c1-3-5-8-11-19(23)16-14-18-15-17-21(24)20(18)12-9-6-7-10-13-22(25)26-4-2/h18,20H,3-17H2,1-2H3/t18-,20-/m0/s1. The number of ether oxygens (including phenoxy) is 1. The van der Waals surface area contributed by atoms with Gasteiger partial charge in [0.2, 0.25) is 0 Å². The lowest BCUT2D eigenvalue weighted by Gasteiger charge is -2.18. The molecule has 0 amide bonds. The number of carbonyl (C=O) groups excluding carboxylic acids is 3. The summed E-state index contributed by atoms with van der Waals surface area (Å²) < 4.78 is 4.92. The van der Waals surface area contributed by atoms with E-state index in [4.69, 9.17) is 4.74 Å². The summed E-state index contributed by atoms with van der Waals surface area (Å²) in [6, 6.07) is 0. The molecule has 0 unspecified atom stereocenters. The van der Waals surface area contributed by atoms with Crippen LogP contribution in [-0.2, 0) is 19.1 Å². The normalized spacial score (nSPS) is 19.7. The van der Waals surface area contributed by atoms with Crippen molar-refractivity contribution in [1.82, 2.24) is 0 Å². The molecule has 0 spiro atoms. The molecule has 0 radical (unpaired) electrons. The Bertz CT molecular complexity index is 430. The van der Waals surface area contributed by atoms with E-state index in [0.717, 1.165) is 64.2 Å². The Labute approximate surface area is 159 Å². The van der Waals surface area contributed by atoms with Crippen LogP contribution in [0.3, 0.4) is 0 Å². The van der Waals surface area contributed by atoms with Crippen molar-refractivity contribution in [2.75, 3.05) is 6.61 Å². The van der Waals surface area contributed by atoms with E-state index < -0.39 is 0 Å². The van der Waals surface area contributed by atoms with Crippen LogP contribution in [0.4, 0.5) is 0 Å². The molecular formula is C22H38O4. The monoisotopic (exact) mass is 366 g/mol. The molecule has 1 rings (SSSR count). The van der Waals surface area contributed by atoms with Crippen LogP contribution in [0.25, 0.3) is 0 Å². The number of hydrogen-bond acceptors (Lipinski definition) is 4. The Hall–Kier alpha value is -1.19. The van der Waals surface area contributed by atoms with Crippen LogP contribution in [0, 0.1) is 11.8 Å². The Morgan fingerprint density at radius 1 is 0.923 bits per heavy atom. The van der Waals surface area contributed by atoms with Crippen LogP contribution in [0.5, 0.6) is 0 Å². The van der Waals surface area contributed by atoms with Gasteiger partial charge >= 0.3 is 5.97 Å². The Kier molecular flexibility index (Phi) is 12.3. The molecule has 0 aromatic heterocycles. The highest BCUT2D eigenvalue weighted by molar-refractivity contribution is 5.83. The molecular weight excluding hydrogens is 328 g/mol. The number of carbonyl (C=O) groups is 3. The second-order valence-electron chi connectivity index (χ2n) is 7.66. The van der Waals surface area contributed by atoms with Crippen molar-refractivity contribution in [3.8, 4) is 0 Å². The van der Waals surface area contributed by atoms with Gasteiger partial charge in [0.15, 0.2) is 0 Å².